The molecule has 2 aliphatic rings. The highest BCUT2D eigenvalue weighted by molar-refractivity contribution is 5.94. The van der Waals surface area contributed by atoms with Gasteiger partial charge in [-0.25, -0.2) is 0 Å². The number of carbonyl (C=O) groups is 1. The number of benzene rings is 1. The van der Waals surface area contributed by atoms with Gasteiger partial charge in [-0.2, -0.15) is 0 Å². The maximum absolute atomic E-state index is 12.5. The second kappa shape index (κ2) is 5.93. The molecule has 1 atom stereocenters. The lowest BCUT2D eigenvalue weighted by atomic mass is 10.0. The first-order chi connectivity index (χ1) is 8.75. The van der Waals surface area contributed by atoms with Gasteiger partial charge in [-0.3, -0.25) is 4.79 Å². The van der Waals surface area contributed by atoms with Crippen LogP contribution >= 0.6 is 12.4 Å². The van der Waals surface area contributed by atoms with Gasteiger partial charge < -0.3 is 10.2 Å². The maximum Gasteiger partial charge on any atom is 0.254 e. The minimum absolute atomic E-state index is 0. The van der Waals surface area contributed by atoms with E-state index in [4.69, 9.17) is 0 Å². The first-order valence-corrected chi connectivity index (χ1v) is 6.89. The van der Waals surface area contributed by atoms with Crippen LogP contribution in [0, 0.1) is 0 Å². The first kappa shape index (κ1) is 14.4. The molecule has 0 bridgehead atoms. The average Bonchev–Trinajstić information content (AvgIpc) is 2.85. The zero-order valence-corrected chi connectivity index (χ0v) is 12.1. The summed E-state index contributed by atoms with van der Waals surface area (Å²) in [6.07, 6.45) is 3.54. The lowest BCUT2D eigenvalue weighted by molar-refractivity contribution is 0.0655. The molecule has 0 radical (unpaired) electrons. The van der Waals surface area contributed by atoms with Gasteiger partial charge in [0.25, 0.3) is 5.91 Å². The van der Waals surface area contributed by atoms with Gasteiger partial charge in [0.15, 0.2) is 0 Å². The predicted octanol–water partition coefficient (Wildman–Crippen LogP) is 2.03. The largest absolute Gasteiger partial charge is 0.333 e. The second-order valence-electron chi connectivity index (χ2n) is 5.39. The number of aryl methyl sites for hydroxylation is 2. The Morgan fingerprint density at radius 2 is 2.11 bits per heavy atom. The Kier molecular flexibility index (Phi) is 4.48. The molecule has 1 aliphatic heterocycles. The first-order valence-electron chi connectivity index (χ1n) is 6.89. The Bertz CT molecular complexity index is 475. The van der Waals surface area contributed by atoms with Crippen LogP contribution in [0.15, 0.2) is 18.2 Å². The summed E-state index contributed by atoms with van der Waals surface area (Å²) >= 11 is 0. The fourth-order valence-corrected chi connectivity index (χ4v) is 3.01. The van der Waals surface area contributed by atoms with Gasteiger partial charge in [-0.05, 0) is 49.4 Å². The third-order valence-electron chi connectivity index (χ3n) is 4.11. The molecular formula is C15H21ClN2O. The highest BCUT2D eigenvalue weighted by Crippen LogP contribution is 2.23. The van der Waals surface area contributed by atoms with Crippen molar-refractivity contribution in [2.24, 2.45) is 0 Å². The lowest BCUT2D eigenvalue weighted by Crippen LogP contribution is -2.52. The van der Waals surface area contributed by atoms with Crippen molar-refractivity contribution >= 4 is 18.3 Å². The number of piperazine rings is 1. The Hall–Kier alpha value is -1.06. The summed E-state index contributed by atoms with van der Waals surface area (Å²) in [6.45, 7) is 4.73. The number of amides is 1. The van der Waals surface area contributed by atoms with Crippen LogP contribution in [0.1, 0.15) is 34.8 Å². The van der Waals surface area contributed by atoms with Crippen LogP contribution in [0.2, 0.25) is 0 Å². The number of hydrogen-bond donors (Lipinski definition) is 1. The molecular weight excluding hydrogens is 260 g/mol. The number of nitrogens with zero attached hydrogens (tertiary/aromatic N) is 1. The monoisotopic (exact) mass is 280 g/mol. The molecule has 19 heavy (non-hydrogen) atoms. The number of nitrogens with one attached hydrogen (secondary N) is 1. The minimum Gasteiger partial charge on any atom is -0.333 e. The third-order valence-corrected chi connectivity index (χ3v) is 4.11. The van der Waals surface area contributed by atoms with E-state index < -0.39 is 0 Å². The molecule has 104 valence electrons. The summed E-state index contributed by atoms with van der Waals surface area (Å²) in [7, 11) is 0. The van der Waals surface area contributed by atoms with Crippen LogP contribution < -0.4 is 5.32 Å². The molecule has 1 amide bonds. The van der Waals surface area contributed by atoms with E-state index in [1.165, 1.54) is 24.0 Å². The van der Waals surface area contributed by atoms with E-state index in [0.717, 1.165) is 31.6 Å². The summed E-state index contributed by atoms with van der Waals surface area (Å²) in [5.41, 5.74) is 3.67. The van der Waals surface area contributed by atoms with Crippen LogP contribution in [-0.2, 0) is 12.8 Å². The summed E-state index contributed by atoms with van der Waals surface area (Å²) in [5, 5.41) is 3.32. The van der Waals surface area contributed by atoms with Gasteiger partial charge in [0.1, 0.15) is 0 Å². The van der Waals surface area contributed by atoms with E-state index >= 15 is 0 Å². The number of fused-ring (bicyclic) bond motifs is 1. The Balaban J connectivity index is 0.00000133. The molecule has 3 rings (SSSR count). The SMILES string of the molecule is C[C@H]1CNCCN1C(=O)c1ccc2c(c1)CCC2.Cl. The van der Waals surface area contributed by atoms with Crippen molar-refractivity contribution in [1.82, 2.24) is 10.2 Å². The number of carbonyl (C=O) groups excluding carboxylic acids is 1. The molecule has 3 nitrogen and oxygen atoms in total. The van der Waals surface area contributed by atoms with E-state index in [1.54, 1.807) is 0 Å². The number of hydrogen-bond acceptors (Lipinski definition) is 2. The quantitative estimate of drug-likeness (QED) is 0.854. The van der Waals surface area contributed by atoms with Gasteiger partial charge in [-0.1, -0.05) is 6.07 Å². The van der Waals surface area contributed by atoms with Crippen LogP contribution in [0.25, 0.3) is 0 Å². The summed E-state index contributed by atoms with van der Waals surface area (Å²) in [5.74, 6) is 0.193. The molecule has 1 saturated heterocycles. The fraction of sp³-hybridized carbons (Fsp3) is 0.533. The van der Waals surface area contributed by atoms with Crippen molar-refractivity contribution in [3.63, 3.8) is 0 Å². The molecule has 1 aliphatic carbocycles. The number of rotatable bonds is 1. The van der Waals surface area contributed by atoms with E-state index in [-0.39, 0.29) is 18.3 Å². The molecule has 1 aromatic rings. The second-order valence-corrected chi connectivity index (χ2v) is 5.39. The highest BCUT2D eigenvalue weighted by Gasteiger charge is 2.24. The number of halogens is 1. The van der Waals surface area contributed by atoms with Gasteiger partial charge >= 0.3 is 0 Å². The van der Waals surface area contributed by atoms with Gasteiger partial charge in [-0.15, -0.1) is 12.4 Å². The smallest absolute Gasteiger partial charge is 0.254 e. The van der Waals surface area contributed by atoms with Crippen LogP contribution in [-0.4, -0.2) is 36.5 Å². The summed E-state index contributed by atoms with van der Waals surface area (Å²) < 4.78 is 0. The van der Waals surface area contributed by atoms with Gasteiger partial charge in [0.05, 0.1) is 0 Å². The van der Waals surface area contributed by atoms with Gasteiger partial charge in [0, 0.05) is 31.2 Å². The molecule has 1 N–H and O–H groups in total. The zero-order valence-electron chi connectivity index (χ0n) is 11.3. The van der Waals surface area contributed by atoms with E-state index in [2.05, 4.69) is 24.4 Å². The normalized spacial score (nSPS) is 21.7. The molecule has 0 spiro atoms. The minimum atomic E-state index is 0. The summed E-state index contributed by atoms with van der Waals surface area (Å²) in [4.78, 5) is 14.5. The molecule has 0 aromatic heterocycles. The van der Waals surface area contributed by atoms with Crippen molar-refractivity contribution in [3.8, 4) is 0 Å². The van der Waals surface area contributed by atoms with Crippen LogP contribution in [0.4, 0.5) is 0 Å². The Morgan fingerprint density at radius 1 is 1.32 bits per heavy atom. The zero-order chi connectivity index (χ0) is 12.5. The van der Waals surface area contributed by atoms with E-state index in [1.807, 2.05) is 11.0 Å². The summed E-state index contributed by atoms with van der Waals surface area (Å²) in [6, 6.07) is 6.54. The highest BCUT2D eigenvalue weighted by atomic mass is 35.5. The fourth-order valence-electron chi connectivity index (χ4n) is 3.01. The standard InChI is InChI=1S/C15H20N2O.ClH/c1-11-10-16-7-8-17(11)15(18)14-6-5-12-3-2-4-13(12)9-14;/h5-6,9,11,16H,2-4,7-8,10H2,1H3;1H/t11-;/m0./s1. The van der Waals surface area contributed by atoms with E-state index in [0.29, 0.717) is 6.04 Å². The molecule has 1 heterocycles. The van der Waals surface area contributed by atoms with Crippen molar-refractivity contribution in [2.75, 3.05) is 19.6 Å². The van der Waals surface area contributed by atoms with Crippen LogP contribution in [0.3, 0.4) is 0 Å². The molecule has 4 heteroatoms. The topological polar surface area (TPSA) is 32.3 Å². The molecule has 1 fully saturated rings. The van der Waals surface area contributed by atoms with Crippen molar-refractivity contribution in [2.45, 2.75) is 32.2 Å². The third kappa shape index (κ3) is 2.77. The molecule has 0 unspecified atom stereocenters. The molecule has 1 aromatic carbocycles. The predicted molar refractivity (Wildman–Crippen MR) is 79.1 cm³/mol. The van der Waals surface area contributed by atoms with Crippen LogP contribution in [0.5, 0.6) is 0 Å². The average molecular weight is 281 g/mol. The Labute approximate surface area is 120 Å². The van der Waals surface area contributed by atoms with Crippen molar-refractivity contribution < 1.29 is 4.79 Å². The van der Waals surface area contributed by atoms with Crippen molar-refractivity contribution in [1.29, 1.82) is 0 Å². The Morgan fingerprint density at radius 3 is 2.89 bits per heavy atom. The maximum atomic E-state index is 12.5. The lowest BCUT2D eigenvalue weighted by Gasteiger charge is -2.34. The van der Waals surface area contributed by atoms with Crippen molar-refractivity contribution in [3.05, 3.63) is 34.9 Å². The van der Waals surface area contributed by atoms with E-state index in [9.17, 15) is 4.79 Å². The van der Waals surface area contributed by atoms with Gasteiger partial charge in [0.2, 0.25) is 0 Å². The molecule has 0 saturated carbocycles.